The normalized spacial score (nSPS) is 17.3. The number of para-hydroxylation sites is 1. The molecule has 1 heterocycles. The number of benzene rings is 1. The van der Waals surface area contributed by atoms with Gasteiger partial charge in [0.05, 0.1) is 6.61 Å². The lowest BCUT2D eigenvalue weighted by atomic mass is 9.95. The maximum Gasteiger partial charge on any atom is 0.244 e. The van der Waals surface area contributed by atoms with Gasteiger partial charge in [0, 0.05) is 25.4 Å². The minimum atomic E-state index is -3.51. The number of amides is 1. The SMILES string of the molecule is CCOc1ccccc1CN(C)C(=O)C1(S(C)(=O)=O)CCNCC1. The van der Waals surface area contributed by atoms with E-state index in [9.17, 15) is 13.2 Å². The Kier molecular flexibility index (Phi) is 5.87. The van der Waals surface area contributed by atoms with Crippen LogP contribution in [0.25, 0.3) is 0 Å². The third-order valence-electron chi connectivity index (χ3n) is 4.54. The van der Waals surface area contributed by atoms with Crippen LogP contribution >= 0.6 is 0 Å². The summed E-state index contributed by atoms with van der Waals surface area (Å²) in [5.74, 6) is 0.385. The average molecular weight is 354 g/mol. The molecule has 1 aliphatic rings. The van der Waals surface area contributed by atoms with E-state index in [4.69, 9.17) is 4.74 Å². The molecule has 1 saturated heterocycles. The Hall–Kier alpha value is -1.60. The van der Waals surface area contributed by atoms with E-state index in [1.807, 2.05) is 31.2 Å². The number of sulfone groups is 1. The molecule has 7 heteroatoms. The molecule has 0 bridgehead atoms. The van der Waals surface area contributed by atoms with Crippen molar-refractivity contribution in [2.24, 2.45) is 0 Å². The summed E-state index contributed by atoms with van der Waals surface area (Å²) in [7, 11) is -1.85. The molecular formula is C17H26N2O4S. The number of nitrogens with zero attached hydrogens (tertiary/aromatic N) is 1. The predicted octanol–water partition coefficient (Wildman–Crippen LogP) is 1.21. The molecule has 1 aliphatic heterocycles. The predicted molar refractivity (Wildman–Crippen MR) is 93.8 cm³/mol. The number of carbonyl (C=O) groups is 1. The largest absolute Gasteiger partial charge is 0.494 e. The Morgan fingerprint density at radius 2 is 1.92 bits per heavy atom. The van der Waals surface area contributed by atoms with Gasteiger partial charge in [-0.05, 0) is 38.9 Å². The van der Waals surface area contributed by atoms with Gasteiger partial charge < -0.3 is 15.0 Å². The molecule has 0 aromatic heterocycles. The van der Waals surface area contributed by atoms with Crippen LogP contribution in [0.3, 0.4) is 0 Å². The van der Waals surface area contributed by atoms with Crippen molar-refractivity contribution < 1.29 is 17.9 Å². The highest BCUT2D eigenvalue weighted by Crippen LogP contribution is 2.31. The summed E-state index contributed by atoms with van der Waals surface area (Å²) in [4.78, 5) is 14.5. The molecule has 0 unspecified atom stereocenters. The van der Waals surface area contributed by atoms with Crippen molar-refractivity contribution in [1.29, 1.82) is 0 Å². The fourth-order valence-corrected chi connectivity index (χ4v) is 4.60. The number of nitrogens with one attached hydrogen (secondary N) is 1. The van der Waals surface area contributed by atoms with Crippen molar-refractivity contribution in [2.75, 3.05) is 33.0 Å². The van der Waals surface area contributed by atoms with E-state index < -0.39 is 14.6 Å². The van der Waals surface area contributed by atoms with Crippen LogP contribution in [0.4, 0.5) is 0 Å². The van der Waals surface area contributed by atoms with Gasteiger partial charge >= 0.3 is 0 Å². The van der Waals surface area contributed by atoms with Crippen LogP contribution in [0.5, 0.6) is 5.75 Å². The van der Waals surface area contributed by atoms with Gasteiger partial charge in [-0.25, -0.2) is 8.42 Å². The molecule has 1 aromatic carbocycles. The highest BCUT2D eigenvalue weighted by atomic mass is 32.2. The van der Waals surface area contributed by atoms with Crippen molar-refractivity contribution in [3.63, 3.8) is 0 Å². The molecule has 2 rings (SSSR count). The fourth-order valence-electron chi connectivity index (χ4n) is 3.18. The zero-order valence-corrected chi connectivity index (χ0v) is 15.4. The monoisotopic (exact) mass is 354 g/mol. The van der Waals surface area contributed by atoms with E-state index in [1.54, 1.807) is 7.05 Å². The van der Waals surface area contributed by atoms with Gasteiger partial charge in [-0.15, -0.1) is 0 Å². The van der Waals surface area contributed by atoms with Crippen LogP contribution in [0.1, 0.15) is 25.3 Å². The van der Waals surface area contributed by atoms with Crippen molar-refractivity contribution in [3.05, 3.63) is 29.8 Å². The summed E-state index contributed by atoms with van der Waals surface area (Å²) in [5.41, 5.74) is 0.868. The van der Waals surface area contributed by atoms with Crippen LogP contribution in [0, 0.1) is 0 Å². The maximum atomic E-state index is 13.0. The number of ether oxygens (including phenoxy) is 1. The van der Waals surface area contributed by atoms with E-state index >= 15 is 0 Å². The molecule has 1 aromatic rings. The molecule has 1 amide bonds. The second kappa shape index (κ2) is 7.53. The van der Waals surface area contributed by atoms with Crippen molar-refractivity contribution in [1.82, 2.24) is 10.2 Å². The number of hydrogen-bond acceptors (Lipinski definition) is 5. The summed E-state index contributed by atoms with van der Waals surface area (Å²) in [5, 5.41) is 3.13. The molecule has 0 aliphatic carbocycles. The topological polar surface area (TPSA) is 75.7 Å². The van der Waals surface area contributed by atoms with Crippen LogP contribution < -0.4 is 10.1 Å². The Morgan fingerprint density at radius 3 is 2.50 bits per heavy atom. The minimum absolute atomic E-state index is 0.308. The standard InChI is InChI=1S/C17H26N2O4S/c1-4-23-15-8-6-5-7-14(15)13-19(2)16(20)17(24(3,21)22)9-11-18-12-10-17/h5-8,18H,4,9-13H2,1-3H3. The first-order chi connectivity index (χ1) is 11.3. The lowest BCUT2D eigenvalue weighted by Crippen LogP contribution is -2.57. The summed E-state index contributed by atoms with van der Waals surface area (Å²) in [6.45, 7) is 3.82. The van der Waals surface area contributed by atoms with Gasteiger partial charge in [-0.1, -0.05) is 18.2 Å². The van der Waals surface area contributed by atoms with Crippen LogP contribution in [-0.4, -0.2) is 57.0 Å². The van der Waals surface area contributed by atoms with E-state index in [2.05, 4.69) is 5.32 Å². The Balaban J connectivity index is 2.25. The lowest BCUT2D eigenvalue weighted by Gasteiger charge is -2.37. The molecule has 1 N–H and O–H groups in total. The van der Waals surface area contributed by atoms with Gasteiger partial charge in [-0.2, -0.15) is 0 Å². The zero-order valence-electron chi connectivity index (χ0n) is 14.5. The number of rotatable bonds is 6. The van der Waals surface area contributed by atoms with E-state index in [0.29, 0.717) is 39.1 Å². The summed E-state index contributed by atoms with van der Waals surface area (Å²) in [6.07, 6.45) is 1.78. The Bertz CT molecular complexity index is 682. The number of carbonyl (C=O) groups excluding carboxylic acids is 1. The van der Waals surface area contributed by atoms with Crippen LogP contribution in [0.15, 0.2) is 24.3 Å². The first-order valence-electron chi connectivity index (χ1n) is 8.18. The summed E-state index contributed by atoms with van der Waals surface area (Å²) in [6, 6.07) is 7.51. The van der Waals surface area contributed by atoms with Crippen LogP contribution in [-0.2, 0) is 21.2 Å². The minimum Gasteiger partial charge on any atom is -0.494 e. The average Bonchev–Trinajstić information content (AvgIpc) is 2.55. The molecule has 6 nitrogen and oxygen atoms in total. The van der Waals surface area contributed by atoms with Gasteiger partial charge in [0.25, 0.3) is 0 Å². The van der Waals surface area contributed by atoms with Gasteiger partial charge in [0.1, 0.15) is 5.75 Å². The quantitative estimate of drug-likeness (QED) is 0.831. The molecule has 0 radical (unpaired) electrons. The third kappa shape index (κ3) is 3.72. The Labute approximate surface area is 144 Å². The molecule has 134 valence electrons. The highest BCUT2D eigenvalue weighted by molar-refractivity contribution is 7.92. The highest BCUT2D eigenvalue weighted by Gasteiger charge is 2.49. The van der Waals surface area contributed by atoms with Crippen LogP contribution in [0.2, 0.25) is 0 Å². The molecule has 24 heavy (non-hydrogen) atoms. The van der Waals surface area contributed by atoms with Gasteiger partial charge in [0.15, 0.2) is 14.6 Å². The first kappa shape index (κ1) is 18.7. The first-order valence-corrected chi connectivity index (χ1v) is 10.1. The van der Waals surface area contributed by atoms with E-state index in [-0.39, 0.29) is 5.91 Å². The van der Waals surface area contributed by atoms with Gasteiger partial charge in [0.2, 0.25) is 5.91 Å². The number of hydrogen-bond donors (Lipinski definition) is 1. The summed E-state index contributed by atoms with van der Waals surface area (Å²) >= 11 is 0. The van der Waals surface area contributed by atoms with E-state index in [1.165, 1.54) is 4.90 Å². The molecule has 0 atom stereocenters. The Morgan fingerprint density at radius 1 is 1.29 bits per heavy atom. The third-order valence-corrected chi connectivity index (χ3v) is 6.54. The molecule has 0 saturated carbocycles. The molecule has 1 fully saturated rings. The van der Waals surface area contributed by atoms with Crippen molar-refractivity contribution in [2.45, 2.75) is 31.1 Å². The van der Waals surface area contributed by atoms with Crippen molar-refractivity contribution >= 4 is 15.7 Å². The smallest absolute Gasteiger partial charge is 0.244 e. The lowest BCUT2D eigenvalue weighted by molar-refractivity contribution is -0.134. The summed E-state index contributed by atoms with van der Waals surface area (Å²) < 4.78 is 29.0. The zero-order chi connectivity index (χ0) is 17.8. The van der Waals surface area contributed by atoms with E-state index in [0.717, 1.165) is 17.6 Å². The second-order valence-corrected chi connectivity index (χ2v) is 8.54. The van der Waals surface area contributed by atoms with Crippen molar-refractivity contribution in [3.8, 4) is 5.75 Å². The molecule has 0 spiro atoms. The number of piperidine rings is 1. The fraction of sp³-hybridized carbons (Fsp3) is 0.588. The van der Waals surface area contributed by atoms with Gasteiger partial charge in [-0.3, -0.25) is 4.79 Å². The second-order valence-electron chi connectivity index (χ2n) is 6.22. The molecular weight excluding hydrogens is 328 g/mol. The maximum absolute atomic E-state index is 13.0.